The van der Waals surface area contributed by atoms with E-state index in [-0.39, 0.29) is 18.4 Å². The molecule has 80 valence electrons. The minimum atomic E-state index is -2.68. The third kappa shape index (κ3) is 2.91. The zero-order valence-corrected chi connectivity index (χ0v) is 8.85. The molecule has 0 radical (unpaired) electrons. The summed E-state index contributed by atoms with van der Waals surface area (Å²) >= 11 is 0. The maximum absolute atomic E-state index is 13.0. The quantitative estimate of drug-likeness (QED) is 0.593. The lowest BCUT2D eigenvalue weighted by atomic mass is 9.96. The third-order valence-corrected chi connectivity index (χ3v) is 2.16. The van der Waals surface area contributed by atoms with Gasteiger partial charge in [0.05, 0.1) is 6.54 Å². The van der Waals surface area contributed by atoms with Crippen molar-refractivity contribution in [3.05, 3.63) is 11.4 Å². The average molecular weight is 202 g/mol. The lowest BCUT2D eigenvalue weighted by Gasteiger charge is -2.25. The van der Waals surface area contributed by atoms with Crippen molar-refractivity contribution in [1.82, 2.24) is 4.90 Å². The molecule has 2 nitrogen and oxygen atoms in total. The minimum absolute atomic E-state index is 0.0383. The summed E-state index contributed by atoms with van der Waals surface area (Å²) in [7, 11) is 0. The van der Waals surface area contributed by atoms with Gasteiger partial charge in [0.2, 0.25) is 0 Å². The number of hydrogen-bond donors (Lipinski definition) is 0. The molecule has 0 aromatic rings. The van der Waals surface area contributed by atoms with Crippen LogP contribution in [0, 0.1) is 12.0 Å². The zero-order chi connectivity index (χ0) is 11.0. The van der Waals surface area contributed by atoms with Crippen LogP contribution in [0.2, 0.25) is 0 Å². The number of hydrogen-bond acceptors (Lipinski definition) is 1. The van der Waals surface area contributed by atoms with E-state index in [4.69, 9.17) is 6.57 Å². The van der Waals surface area contributed by atoms with E-state index in [0.29, 0.717) is 6.54 Å². The van der Waals surface area contributed by atoms with Crippen LogP contribution in [0.15, 0.2) is 0 Å². The van der Waals surface area contributed by atoms with Crippen LogP contribution in [0.1, 0.15) is 27.2 Å². The van der Waals surface area contributed by atoms with Crippen LogP contribution in [0.25, 0.3) is 4.85 Å². The molecular formula is C10H16F2N2. The summed E-state index contributed by atoms with van der Waals surface area (Å²) in [5.41, 5.74) is -0.0383. The van der Waals surface area contributed by atoms with Crippen LogP contribution in [0.4, 0.5) is 8.78 Å². The van der Waals surface area contributed by atoms with E-state index in [9.17, 15) is 8.78 Å². The van der Waals surface area contributed by atoms with Gasteiger partial charge in [-0.25, -0.2) is 20.3 Å². The maximum Gasteiger partial charge on any atom is 0.285 e. The molecule has 1 fully saturated rings. The summed E-state index contributed by atoms with van der Waals surface area (Å²) in [6.07, 6.45) is -0.948. The van der Waals surface area contributed by atoms with E-state index < -0.39 is 12.1 Å². The van der Waals surface area contributed by atoms with Crippen LogP contribution in [0.3, 0.4) is 0 Å². The molecule has 0 amide bonds. The first-order chi connectivity index (χ1) is 6.23. The van der Waals surface area contributed by atoms with Crippen LogP contribution >= 0.6 is 0 Å². The van der Waals surface area contributed by atoms with Gasteiger partial charge >= 0.3 is 0 Å². The molecule has 1 heterocycles. The van der Waals surface area contributed by atoms with E-state index in [1.165, 1.54) is 0 Å². The number of likely N-dealkylation sites (tertiary alicyclic amines) is 1. The van der Waals surface area contributed by atoms with Crippen LogP contribution in [0.5, 0.6) is 0 Å². The van der Waals surface area contributed by atoms with Gasteiger partial charge in [-0.1, -0.05) is 20.8 Å². The smallest absolute Gasteiger partial charge is 0.285 e. The Balaban J connectivity index is 2.66. The van der Waals surface area contributed by atoms with E-state index in [2.05, 4.69) is 4.85 Å². The van der Waals surface area contributed by atoms with Crippen LogP contribution in [-0.4, -0.2) is 30.1 Å². The molecule has 0 spiro atoms. The lowest BCUT2D eigenvalue weighted by molar-refractivity contribution is 0.00942. The molecule has 1 rings (SSSR count). The minimum Gasteiger partial charge on any atom is -0.296 e. The van der Waals surface area contributed by atoms with E-state index in [0.717, 1.165) is 0 Å². The summed E-state index contributed by atoms with van der Waals surface area (Å²) < 4.78 is 26.0. The second-order valence-electron chi connectivity index (χ2n) is 5.14. The third-order valence-electron chi connectivity index (χ3n) is 2.16. The first-order valence-electron chi connectivity index (χ1n) is 4.72. The second kappa shape index (κ2) is 3.47. The fourth-order valence-electron chi connectivity index (χ4n) is 1.76. The van der Waals surface area contributed by atoms with Gasteiger partial charge in [-0.2, -0.15) is 0 Å². The Bertz CT molecular complexity index is 250. The van der Waals surface area contributed by atoms with E-state index in [1.54, 1.807) is 4.90 Å². The molecule has 0 aliphatic carbocycles. The van der Waals surface area contributed by atoms with Gasteiger partial charge in [0.15, 0.2) is 0 Å². The average Bonchev–Trinajstić information content (AvgIpc) is 2.21. The molecule has 0 saturated carbocycles. The summed E-state index contributed by atoms with van der Waals surface area (Å²) in [5, 5.41) is 0. The van der Waals surface area contributed by atoms with Gasteiger partial charge in [-0.05, 0) is 5.41 Å². The Hall–Kier alpha value is -0.690. The zero-order valence-electron chi connectivity index (χ0n) is 8.85. The van der Waals surface area contributed by atoms with Crippen molar-refractivity contribution in [1.29, 1.82) is 0 Å². The molecule has 0 bridgehead atoms. The fourth-order valence-corrected chi connectivity index (χ4v) is 1.76. The topological polar surface area (TPSA) is 7.60 Å². The number of alkyl halides is 2. The monoisotopic (exact) mass is 202 g/mol. The first kappa shape index (κ1) is 11.4. The Morgan fingerprint density at radius 3 is 2.50 bits per heavy atom. The van der Waals surface area contributed by atoms with Crippen molar-refractivity contribution in [3.8, 4) is 0 Å². The maximum atomic E-state index is 13.0. The van der Waals surface area contributed by atoms with Gasteiger partial charge < -0.3 is 0 Å². The lowest BCUT2D eigenvalue weighted by Crippen LogP contribution is -2.36. The number of halogens is 2. The second-order valence-corrected chi connectivity index (χ2v) is 5.14. The normalized spacial score (nSPS) is 27.6. The van der Waals surface area contributed by atoms with Crippen molar-refractivity contribution < 1.29 is 8.78 Å². The van der Waals surface area contributed by atoms with Crippen molar-refractivity contribution in [2.75, 3.05) is 13.1 Å². The predicted octanol–water partition coefficient (Wildman–Crippen LogP) is 2.62. The Labute approximate surface area is 83.7 Å². The van der Waals surface area contributed by atoms with Crippen LogP contribution in [-0.2, 0) is 0 Å². The molecular weight excluding hydrogens is 186 g/mol. The predicted molar refractivity (Wildman–Crippen MR) is 51.0 cm³/mol. The summed E-state index contributed by atoms with van der Waals surface area (Å²) in [6.45, 7) is 13.1. The van der Waals surface area contributed by atoms with Gasteiger partial charge in [0.25, 0.3) is 12.1 Å². The first-order valence-corrected chi connectivity index (χ1v) is 4.72. The molecule has 0 unspecified atom stereocenters. The largest absolute Gasteiger partial charge is 0.296 e. The van der Waals surface area contributed by atoms with Crippen LogP contribution < -0.4 is 0 Å². The molecule has 1 atom stereocenters. The molecule has 0 N–H and O–H groups in total. The standard InChI is InChI=1S/C10H16F2N2/c1-9(2,3)6-14-7-10(11,12)5-8(14)13-4/h8H,5-7H2,1-3H3/t8-/m0/s1. The molecule has 1 aliphatic heterocycles. The summed E-state index contributed by atoms with van der Waals surface area (Å²) in [4.78, 5) is 4.83. The highest BCUT2D eigenvalue weighted by Gasteiger charge is 2.49. The van der Waals surface area contributed by atoms with Gasteiger partial charge in [-0.15, -0.1) is 0 Å². The van der Waals surface area contributed by atoms with Crippen molar-refractivity contribution >= 4 is 0 Å². The Kier molecular flexibility index (Phi) is 2.82. The van der Waals surface area contributed by atoms with E-state index in [1.807, 2.05) is 20.8 Å². The Morgan fingerprint density at radius 1 is 1.50 bits per heavy atom. The summed E-state index contributed by atoms with van der Waals surface area (Å²) in [6, 6.07) is 0. The van der Waals surface area contributed by atoms with Gasteiger partial charge in [0.1, 0.15) is 6.42 Å². The molecule has 1 aliphatic rings. The molecule has 1 saturated heterocycles. The Morgan fingerprint density at radius 2 is 2.07 bits per heavy atom. The molecule has 4 heteroatoms. The van der Waals surface area contributed by atoms with Gasteiger partial charge in [0, 0.05) is 6.54 Å². The molecule has 0 aromatic heterocycles. The highest BCUT2D eigenvalue weighted by atomic mass is 19.3. The van der Waals surface area contributed by atoms with E-state index >= 15 is 0 Å². The highest BCUT2D eigenvalue weighted by molar-refractivity contribution is 4.95. The van der Waals surface area contributed by atoms with Crippen molar-refractivity contribution in [3.63, 3.8) is 0 Å². The molecule has 0 aromatic carbocycles. The molecule has 14 heavy (non-hydrogen) atoms. The highest BCUT2D eigenvalue weighted by Crippen LogP contribution is 2.34. The van der Waals surface area contributed by atoms with Crippen molar-refractivity contribution in [2.45, 2.75) is 39.3 Å². The number of rotatable bonds is 1. The SMILES string of the molecule is [C-]#[N+][C@@H]1CC(F)(F)CN1CC(C)(C)C. The van der Waals surface area contributed by atoms with Gasteiger partial charge in [-0.3, -0.25) is 4.85 Å². The summed E-state index contributed by atoms with van der Waals surface area (Å²) in [5.74, 6) is -2.68. The van der Waals surface area contributed by atoms with Crippen molar-refractivity contribution in [2.24, 2.45) is 5.41 Å². The fraction of sp³-hybridized carbons (Fsp3) is 0.900. The number of nitrogens with zero attached hydrogens (tertiary/aromatic N) is 2.